The summed E-state index contributed by atoms with van der Waals surface area (Å²) in [6.45, 7) is 3.23. The first-order chi connectivity index (χ1) is 8.22. The van der Waals surface area contributed by atoms with Crippen LogP contribution in [0.15, 0.2) is 6.20 Å². The van der Waals surface area contributed by atoms with Crippen molar-refractivity contribution in [1.29, 1.82) is 0 Å². The molecule has 0 aromatic carbocycles. The van der Waals surface area contributed by atoms with Crippen LogP contribution in [0.25, 0.3) is 0 Å². The summed E-state index contributed by atoms with van der Waals surface area (Å²) in [7, 11) is 1.97. The van der Waals surface area contributed by atoms with Crippen LogP contribution in [-0.2, 0) is 7.05 Å². The molecule has 0 bridgehead atoms. The van der Waals surface area contributed by atoms with Gasteiger partial charge in [0.25, 0.3) is 0 Å². The summed E-state index contributed by atoms with van der Waals surface area (Å²) in [6, 6.07) is 0.361. The van der Waals surface area contributed by atoms with E-state index in [-0.39, 0.29) is 0 Å². The van der Waals surface area contributed by atoms with E-state index in [0.29, 0.717) is 6.04 Å². The Balaban J connectivity index is 2.07. The molecule has 3 nitrogen and oxygen atoms in total. The average Bonchev–Trinajstić information content (AvgIpc) is 2.57. The highest BCUT2D eigenvalue weighted by molar-refractivity contribution is 6.31. The number of nitrogens with zero attached hydrogens (tertiary/aromatic N) is 2. The number of hydrogen-bond acceptors (Lipinski definition) is 2. The molecule has 1 unspecified atom stereocenters. The van der Waals surface area contributed by atoms with Crippen LogP contribution in [0.4, 0.5) is 0 Å². The minimum atomic E-state index is 0.361. The van der Waals surface area contributed by atoms with E-state index >= 15 is 0 Å². The molecule has 1 aromatic rings. The summed E-state index contributed by atoms with van der Waals surface area (Å²) in [4.78, 5) is 0. The molecule has 1 fully saturated rings. The second-order valence-corrected chi connectivity index (χ2v) is 5.45. The normalized spacial score (nSPS) is 18.1. The van der Waals surface area contributed by atoms with Crippen molar-refractivity contribution in [1.82, 2.24) is 15.1 Å². The number of nitrogens with one attached hydrogen (secondary N) is 1. The van der Waals surface area contributed by atoms with Gasteiger partial charge in [0.05, 0.1) is 23.0 Å². The molecule has 1 aliphatic carbocycles. The first kappa shape index (κ1) is 12.9. The molecule has 0 radical (unpaired) electrons. The molecular formula is C13H22ClN3. The number of aryl methyl sites for hydroxylation is 1. The molecule has 1 aromatic heterocycles. The largest absolute Gasteiger partial charge is 0.309 e. The molecule has 0 amide bonds. The van der Waals surface area contributed by atoms with Crippen LogP contribution in [0, 0.1) is 5.92 Å². The van der Waals surface area contributed by atoms with E-state index in [1.54, 1.807) is 6.20 Å². The minimum absolute atomic E-state index is 0.361. The van der Waals surface area contributed by atoms with Crippen LogP contribution >= 0.6 is 11.6 Å². The van der Waals surface area contributed by atoms with Crippen molar-refractivity contribution < 1.29 is 0 Å². The molecule has 0 spiro atoms. The molecule has 4 heteroatoms. The van der Waals surface area contributed by atoms with Crippen molar-refractivity contribution in [2.75, 3.05) is 6.54 Å². The van der Waals surface area contributed by atoms with E-state index in [0.717, 1.165) is 29.6 Å². The fourth-order valence-corrected chi connectivity index (χ4v) is 2.78. The van der Waals surface area contributed by atoms with Gasteiger partial charge in [-0.05, 0) is 25.3 Å². The second kappa shape index (κ2) is 5.87. The Morgan fingerprint density at radius 1 is 1.59 bits per heavy atom. The summed E-state index contributed by atoms with van der Waals surface area (Å²) in [6.07, 6.45) is 8.23. The Hall–Kier alpha value is -0.540. The molecule has 1 aliphatic rings. The monoisotopic (exact) mass is 255 g/mol. The van der Waals surface area contributed by atoms with Crippen LogP contribution in [-0.4, -0.2) is 16.3 Å². The molecule has 1 atom stereocenters. The predicted molar refractivity (Wildman–Crippen MR) is 71.2 cm³/mol. The summed E-state index contributed by atoms with van der Waals surface area (Å²) in [5, 5.41) is 8.64. The highest BCUT2D eigenvalue weighted by atomic mass is 35.5. The van der Waals surface area contributed by atoms with Gasteiger partial charge >= 0.3 is 0 Å². The standard InChI is InChI=1S/C13H22ClN3/c1-3-7-15-12(8-10-5-4-6-10)13-11(14)9-16-17(13)2/h9-10,12,15H,3-8H2,1-2H3. The number of hydrogen-bond donors (Lipinski definition) is 1. The molecular weight excluding hydrogens is 234 g/mol. The maximum atomic E-state index is 6.24. The fraction of sp³-hybridized carbons (Fsp3) is 0.769. The molecule has 1 N–H and O–H groups in total. The summed E-state index contributed by atoms with van der Waals surface area (Å²) in [5.41, 5.74) is 1.15. The van der Waals surface area contributed by atoms with Gasteiger partial charge in [0, 0.05) is 7.05 Å². The minimum Gasteiger partial charge on any atom is -0.309 e. The maximum absolute atomic E-state index is 6.24. The third kappa shape index (κ3) is 3.02. The lowest BCUT2D eigenvalue weighted by Gasteiger charge is -2.30. The molecule has 96 valence electrons. The summed E-state index contributed by atoms with van der Waals surface area (Å²) in [5.74, 6) is 0.871. The van der Waals surface area contributed by atoms with Crippen molar-refractivity contribution >= 4 is 11.6 Å². The Morgan fingerprint density at radius 2 is 2.35 bits per heavy atom. The number of rotatable bonds is 6. The smallest absolute Gasteiger partial charge is 0.0834 e. The lowest BCUT2D eigenvalue weighted by atomic mass is 9.80. The average molecular weight is 256 g/mol. The van der Waals surface area contributed by atoms with Crippen LogP contribution in [0.1, 0.15) is 50.8 Å². The molecule has 1 heterocycles. The van der Waals surface area contributed by atoms with Crippen LogP contribution in [0.3, 0.4) is 0 Å². The Kier molecular flexibility index (Phi) is 4.46. The topological polar surface area (TPSA) is 29.9 Å². The first-order valence-electron chi connectivity index (χ1n) is 6.63. The Labute approximate surface area is 109 Å². The Bertz CT molecular complexity index is 338. The van der Waals surface area contributed by atoms with Crippen molar-refractivity contribution in [3.8, 4) is 0 Å². The van der Waals surface area contributed by atoms with Crippen LogP contribution in [0.5, 0.6) is 0 Å². The number of aromatic nitrogens is 2. The molecule has 0 saturated heterocycles. The highest BCUT2D eigenvalue weighted by Crippen LogP contribution is 2.36. The van der Waals surface area contributed by atoms with Crippen LogP contribution < -0.4 is 5.32 Å². The lowest BCUT2D eigenvalue weighted by Crippen LogP contribution is -2.28. The van der Waals surface area contributed by atoms with E-state index in [1.807, 2.05) is 11.7 Å². The van der Waals surface area contributed by atoms with E-state index in [9.17, 15) is 0 Å². The Morgan fingerprint density at radius 3 is 2.82 bits per heavy atom. The van der Waals surface area contributed by atoms with Gasteiger partial charge in [-0.3, -0.25) is 4.68 Å². The quantitative estimate of drug-likeness (QED) is 0.845. The zero-order valence-electron chi connectivity index (χ0n) is 10.7. The zero-order valence-corrected chi connectivity index (χ0v) is 11.5. The highest BCUT2D eigenvalue weighted by Gasteiger charge is 2.25. The van der Waals surface area contributed by atoms with Gasteiger partial charge in [-0.15, -0.1) is 0 Å². The van der Waals surface area contributed by atoms with Gasteiger partial charge < -0.3 is 5.32 Å². The fourth-order valence-electron chi connectivity index (χ4n) is 2.48. The van der Waals surface area contributed by atoms with Gasteiger partial charge in [-0.25, -0.2) is 0 Å². The van der Waals surface area contributed by atoms with Crippen molar-refractivity contribution in [3.63, 3.8) is 0 Å². The summed E-state index contributed by atoms with van der Waals surface area (Å²) < 4.78 is 1.91. The van der Waals surface area contributed by atoms with Crippen LogP contribution in [0.2, 0.25) is 5.02 Å². The van der Waals surface area contributed by atoms with Gasteiger partial charge in [0.1, 0.15) is 0 Å². The van der Waals surface area contributed by atoms with E-state index in [2.05, 4.69) is 17.3 Å². The second-order valence-electron chi connectivity index (χ2n) is 5.04. The van der Waals surface area contributed by atoms with Crippen molar-refractivity contribution in [3.05, 3.63) is 16.9 Å². The summed E-state index contributed by atoms with van der Waals surface area (Å²) >= 11 is 6.24. The van der Waals surface area contributed by atoms with E-state index in [1.165, 1.54) is 25.7 Å². The predicted octanol–water partition coefficient (Wildman–Crippen LogP) is 3.30. The molecule has 17 heavy (non-hydrogen) atoms. The van der Waals surface area contributed by atoms with Crippen molar-refractivity contribution in [2.24, 2.45) is 13.0 Å². The first-order valence-corrected chi connectivity index (χ1v) is 7.01. The van der Waals surface area contributed by atoms with Gasteiger partial charge in [-0.1, -0.05) is 37.8 Å². The third-order valence-electron chi connectivity index (χ3n) is 3.70. The van der Waals surface area contributed by atoms with Gasteiger partial charge in [0.15, 0.2) is 0 Å². The number of halogens is 1. The van der Waals surface area contributed by atoms with Gasteiger partial charge in [-0.2, -0.15) is 5.10 Å². The maximum Gasteiger partial charge on any atom is 0.0834 e. The SMILES string of the molecule is CCCNC(CC1CCC1)c1c(Cl)cnn1C. The molecule has 0 aliphatic heterocycles. The van der Waals surface area contributed by atoms with E-state index in [4.69, 9.17) is 11.6 Å². The van der Waals surface area contributed by atoms with Gasteiger partial charge in [0.2, 0.25) is 0 Å². The molecule has 2 rings (SSSR count). The van der Waals surface area contributed by atoms with Crippen molar-refractivity contribution in [2.45, 2.75) is 45.1 Å². The lowest BCUT2D eigenvalue weighted by molar-refractivity contribution is 0.257. The van der Waals surface area contributed by atoms with E-state index < -0.39 is 0 Å². The molecule has 1 saturated carbocycles. The zero-order chi connectivity index (χ0) is 12.3. The third-order valence-corrected chi connectivity index (χ3v) is 3.99.